The van der Waals surface area contributed by atoms with Crippen LogP contribution < -0.4 is 0 Å². The number of hydrogen-bond donors (Lipinski definition) is 0. The second kappa shape index (κ2) is 5.78. The Morgan fingerprint density at radius 2 is 1.75 bits per heavy atom. The molecule has 0 aromatic rings. The predicted octanol–water partition coefficient (Wildman–Crippen LogP) is 3.93. The maximum Gasteiger partial charge on any atom is 0.191 e. The van der Waals surface area contributed by atoms with E-state index in [0.717, 1.165) is 30.5 Å². The highest BCUT2D eigenvalue weighted by Gasteiger charge is 2.36. The van der Waals surface area contributed by atoms with Crippen molar-refractivity contribution in [2.75, 3.05) is 6.61 Å². The van der Waals surface area contributed by atoms with E-state index in [0.29, 0.717) is 0 Å². The van der Waals surface area contributed by atoms with Crippen molar-refractivity contribution in [1.82, 2.24) is 0 Å². The average Bonchev–Trinajstić information content (AvgIpc) is 2.14. The van der Waals surface area contributed by atoms with E-state index < -0.39 is 8.32 Å². The molecule has 0 spiro atoms. The van der Waals surface area contributed by atoms with Gasteiger partial charge in [0, 0.05) is 6.61 Å². The summed E-state index contributed by atoms with van der Waals surface area (Å²) in [7, 11) is -1.63. The van der Waals surface area contributed by atoms with Crippen LogP contribution in [-0.4, -0.2) is 21.2 Å². The van der Waals surface area contributed by atoms with E-state index in [1.165, 1.54) is 0 Å². The SMILES string of the molecule is C/C(C=O)=C(\C)CCO[Si](C)(C)C(C)(C)C. The zero-order valence-electron chi connectivity index (χ0n) is 11.8. The van der Waals surface area contributed by atoms with E-state index in [1.54, 1.807) is 0 Å². The topological polar surface area (TPSA) is 26.3 Å². The van der Waals surface area contributed by atoms with Gasteiger partial charge in [0.05, 0.1) is 0 Å². The van der Waals surface area contributed by atoms with Gasteiger partial charge >= 0.3 is 0 Å². The molecule has 0 fully saturated rings. The van der Waals surface area contributed by atoms with Crippen molar-refractivity contribution in [1.29, 1.82) is 0 Å². The molecule has 0 heterocycles. The standard InChI is InChI=1S/C13H26O2Si/c1-11(12(2)10-14)8-9-15-16(6,7)13(3,4)5/h10H,8-9H2,1-7H3/b12-11-. The average molecular weight is 242 g/mol. The van der Waals surface area contributed by atoms with Gasteiger partial charge in [0.15, 0.2) is 8.32 Å². The van der Waals surface area contributed by atoms with Crippen LogP contribution in [0.1, 0.15) is 41.0 Å². The molecule has 0 aliphatic rings. The lowest BCUT2D eigenvalue weighted by atomic mass is 10.1. The molecule has 0 aromatic heterocycles. The Labute approximate surface area is 101 Å². The van der Waals surface area contributed by atoms with E-state index >= 15 is 0 Å². The Hall–Kier alpha value is -0.413. The predicted molar refractivity (Wildman–Crippen MR) is 72.2 cm³/mol. The second-order valence-corrected chi connectivity index (χ2v) is 10.7. The van der Waals surface area contributed by atoms with Gasteiger partial charge in [-0.15, -0.1) is 0 Å². The van der Waals surface area contributed by atoms with Gasteiger partial charge in [-0.25, -0.2) is 0 Å². The first-order valence-corrected chi connectivity index (χ1v) is 8.78. The molecular weight excluding hydrogens is 216 g/mol. The van der Waals surface area contributed by atoms with E-state index in [4.69, 9.17) is 4.43 Å². The van der Waals surface area contributed by atoms with Crippen molar-refractivity contribution in [3.8, 4) is 0 Å². The largest absolute Gasteiger partial charge is 0.417 e. The summed E-state index contributed by atoms with van der Waals surface area (Å²) in [6, 6.07) is 0. The van der Waals surface area contributed by atoms with Gasteiger partial charge < -0.3 is 4.43 Å². The highest BCUT2D eigenvalue weighted by molar-refractivity contribution is 6.74. The first-order valence-electron chi connectivity index (χ1n) is 5.87. The summed E-state index contributed by atoms with van der Waals surface area (Å²) in [6.07, 6.45) is 1.78. The Bertz CT molecular complexity index is 272. The number of allylic oxidation sites excluding steroid dienone is 1. The summed E-state index contributed by atoms with van der Waals surface area (Å²) in [5, 5.41) is 0.254. The Morgan fingerprint density at radius 1 is 1.25 bits per heavy atom. The molecule has 0 unspecified atom stereocenters. The maximum atomic E-state index is 10.6. The van der Waals surface area contributed by atoms with Crippen LogP contribution in [0.4, 0.5) is 0 Å². The molecule has 0 aliphatic heterocycles. The third kappa shape index (κ3) is 4.62. The van der Waals surface area contributed by atoms with Crippen LogP contribution in [0.25, 0.3) is 0 Å². The van der Waals surface area contributed by atoms with Crippen LogP contribution in [-0.2, 0) is 9.22 Å². The highest BCUT2D eigenvalue weighted by Crippen LogP contribution is 2.36. The van der Waals surface area contributed by atoms with Crippen LogP contribution >= 0.6 is 0 Å². The minimum Gasteiger partial charge on any atom is -0.417 e. The molecule has 0 radical (unpaired) electrons. The lowest BCUT2D eigenvalue weighted by Gasteiger charge is -2.36. The van der Waals surface area contributed by atoms with Gasteiger partial charge in [-0.05, 0) is 44.0 Å². The number of rotatable bonds is 5. The Balaban J connectivity index is 4.24. The van der Waals surface area contributed by atoms with Crippen LogP contribution in [0, 0.1) is 0 Å². The minimum atomic E-state index is -1.63. The van der Waals surface area contributed by atoms with Crippen molar-refractivity contribution in [3.63, 3.8) is 0 Å². The summed E-state index contributed by atoms with van der Waals surface area (Å²) in [6.45, 7) is 15.8. The van der Waals surface area contributed by atoms with Crippen molar-refractivity contribution in [3.05, 3.63) is 11.1 Å². The zero-order valence-corrected chi connectivity index (χ0v) is 12.8. The first kappa shape index (κ1) is 15.6. The summed E-state index contributed by atoms with van der Waals surface area (Å²) >= 11 is 0. The van der Waals surface area contributed by atoms with E-state index in [1.807, 2.05) is 13.8 Å². The summed E-state index contributed by atoms with van der Waals surface area (Å²) < 4.78 is 6.05. The number of aldehydes is 1. The molecule has 94 valence electrons. The molecular formula is C13H26O2Si. The zero-order chi connectivity index (χ0) is 13.0. The molecule has 0 saturated heterocycles. The molecule has 0 amide bonds. The molecule has 2 nitrogen and oxygen atoms in total. The normalized spacial score (nSPS) is 14.7. The Kier molecular flexibility index (Phi) is 5.63. The van der Waals surface area contributed by atoms with Gasteiger partial charge in [-0.2, -0.15) is 0 Å². The van der Waals surface area contributed by atoms with Crippen molar-refractivity contribution >= 4 is 14.6 Å². The minimum absolute atomic E-state index is 0.254. The van der Waals surface area contributed by atoms with E-state index in [9.17, 15) is 4.79 Å². The molecule has 0 aromatic carbocycles. The summed E-state index contributed by atoms with van der Waals surface area (Å²) in [5.74, 6) is 0. The molecule has 3 heteroatoms. The fraction of sp³-hybridized carbons (Fsp3) is 0.769. The Morgan fingerprint density at radius 3 is 2.12 bits per heavy atom. The van der Waals surface area contributed by atoms with Crippen LogP contribution in [0.2, 0.25) is 18.1 Å². The van der Waals surface area contributed by atoms with E-state index in [-0.39, 0.29) is 5.04 Å². The van der Waals surface area contributed by atoms with Gasteiger partial charge in [-0.3, -0.25) is 4.79 Å². The van der Waals surface area contributed by atoms with Crippen LogP contribution in [0.5, 0.6) is 0 Å². The van der Waals surface area contributed by atoms with Gasteiger partial charge in [0.2, 0.25) is 0 Å². The summed E-state index contributed by atoms with van der Waals surface area (Å²) in [5.41, 5.74) is 1.97. The molecule has 0 N–H and O–H groups in total. The van der Waals surface area contributed by atoms with E-state index in [2.05, 4.69) is 33.9 Å². The van der Waals surface area contributed by atoms with Gasteiger partial charge in [-0.1, -0.05) is 26.3 Å². The molecule has 0 aliphatic carbocycles. The lowest BCUT2D eigenvalue weighted by Crippen LogP contribution is -2.41. The van der Waals surface area contributed by atoms with Crippen LogP contribution in [0.15, 0.2) is 11.1 Å². The molecule has 0 atom stereocenters. The first-order chi connectivity index (χ1) is 7.12. The fourth-order valence-electron chi connectivity index (χ4n) is 0.974. The monoisotopic (exact) mass is 242 g/mol. The molecule has 16 heavy (non-hydrogen) atoms. The van der Waals surface area contributed by atoms with Crippen molar-refractivity contribution in [2.24, 2.45) is 0 Å². The van der Waals surface area contributed by atoms with Gasteiger partial charge in [0.25, 0.3) is 0 Å². The van der Waals surface area contributed by atoms with Crippen molar-refractivity contribution in [2.45, 2.75) is 59.2 Å². The fourth-order valence-corrected chi connectivity index (χ4v) is 2.02. The third-order valence-electron chi connectivity index (χ3n) is 3.60. The molecule has 0 rings (SSSR count). The summed E-state index contributed by atoms with van der Waals surface area (Å²) in [4.78, 5) is 10.6. The quantitative estimate of drug-likeness (QED) is 0.415. The highest BCUT2D eigenvalue weighted by atomic mass is 28.4. The maximum absolute atomic E-state index is 10.6. The number of carbonyl (C=O) groups excluding carboxylic acids is 1. The lowest BCUT2D eigenvalue weighted by molar-refractivity contribution is -0.104. The van der Waals surface area contributed by atoms with Gasteiger partial charge in [0.1, 0.15) is 6.29 Å². The second-order valence-electron chi connectivity index (χ2n) is 5.94. The number of carbonyl (C=O) groups is 1. The number of hydrogen-bond acceptors (Lipinski definition) is 2. The molecule has 0 bridgehead atoms. The smallest absolute Gasteiger partial charge is 0.191 e. The van der Waals surface area contributed by atoms with Crippen LogP contribution in [0.3, 0.4) is 0 Å². The third-order valence-corrected chi connectivity index (χ3v) is 8.13. The van der Waals surface area contributed by atoms with Crippen molar-refractivity contribution < 1.29 is 9.22 Å². The molecule has 0 saturated carbocycles.